The van der Waals surface area contributed by atoms with E-state index in [0.29, 0.717) is 12.1 Å². The molecule has 156 valence electrons. The second-order valence-corrected chi connectivity index (χ2v) is 7.97. The smallest absolute Gasteiger partial charge is 0.253 e. The Kier molecular flexibility index (Phi) is 6.29. The van der Waals surface area contributed by atoms with E-state index in [9.17, 15) is 4.79 Å². The number of ether oxygens (including phenoxy) is 1. The number of hydrogen-bond donors (Lipinski definition) is 1. The Hall–Kier alpha value is -2.92. The summed E-state index contributed by atoms with van der Waals surface area (Å²) in [6.45, 7) is 5.65. The molecule has 1 fully saturated rings. The number of rotatable bonds is 6. The summed E-state index contributed by atoms with van der Waals surface area (Å²) in [5, 5.41) is 4.00. The number of nitrogens with zero attached hydrogens (tertiary/aromatic N) is 2. The van der Waals surface area contributed by atoms with Gasteiger partial charge in [-0.05, 0) is 68.2 Å². The van der Waals surface area contributed by atoms with Crippen LogP contribution >= 0.6 is 0 Å². The van der Waals surface area contributed by atoms with Crippen LogP contribution < -0.4 is 10.1 Å². The van der Waals surface area contributed by atoms with E-state index in [1.165, 1.54) is 30.4 Å². The summed E-state index contributed by atoms with van der Waals surface area (Å²) in [4.78, 5) is 20.1. The van der Waals surface area contributed by atoms with E-state index < -0.39 is 0 Å². The standard InChI is InChI=1S/C25H29N3O2/c1-18-23(15-21-14-22(30-2)10-11-24(21)27-18)25(29)26-16-19-8-4-5-9-20(19)17-28-12-6-3-7-13-28/h4-5,8-11,14-15H,3,6-7,12-13,16-17H2,1-2H3,(H,26,29). The SMILES string of the molecule is COc1ccc2nc(C)c(C(=O)NCc3ccccc3CN3CCCCC3)cc2c1. The molecule has 5 nitrogen and oxygen atoms in total. The summed E-state index contributed by atoms with van der Waals surface area (Å²) >= 11 is 0. The predicted octanol–water partition coefficient (Wildman–Crippen LogP) is 4.47. The summed E-state index contributed by atoms with van der Waals surface area (Å²) in [7, 11) is 1.64. The first-order valence-corrected chi connectivity index (χ1v) is 10.7. The van der Waals surface area contributed by atoms with Gasteiger partial charge in [-0.3, -0.25) is 14.7 Å². The van der Waals surface area contributed by atoms with Gasteiger partial charge in [-0.15, -0.1) is 0 Å². The summed E-state index contributed by atoms with van der Waals surface area (Å²) in [6, 6.07) is 16.0. The molecular weight excluding hydrogens is 374 g/mol. The zero-order valence-electron chi connectivity index (χ0n) is 17.8. The van der Waals surface area contributed by atoms with Crippen LogP contribution in [0.1, 0.15) is 46.4 Å². The van der Waals surface area contributed by atoms with Gasteiger partial charge in [0.2, 0.25) is 0 Å². The van der Waals surface area contributed by atoms with E-state index in [1.54, 1.807) is 7.11 Å². The lowest BCUT2D eigenvalue weighted by atomic mass is 10.0. The zero-order chi connectivity index (χ0) is 20.9. The van der Waals surface area contributed by atoms with Gasteiger partial charge in [-0.2, -0.15) is 0 Å². The third-order valence-corrected chi connectivity index (χ3v) is 5.86. The molecule has 1 saturated heterocycles. The highest BCUT2D eigenvalue weighted by molar-refractivity contribution is 5.98. The number of aryl methyl sites for hydroxylation is 1. The molecule has 2 aromatic carbocycles. The van der Waals surface area contributed by atoms with Crippen molar-refractivity contribution in [3.05, 3.63) is 70.9 Å². The van der Waals surface area contributed by atoms with Crippen LogP contribution in [0, 0.1) is 6.92 Å². The quantitative estimate of drug-likeness (QED) is 0.660. The van der Waals surface area contributed by atoms with Crippen molar-refractivity contribution in [3.63, 3.8) is 0 Å². The maximum atomic E-state index is 12.9. The van der Waals surface area contributed by atoms with Crippen molar-refractivity contribution in [1.29, 1.82) is 0 Å². The number of methoxy groups -OCH3 is 1. The number of fused-ring (bicyclic) bond motifs is 1. The monoisotopic (exact) mass is 403 g/mol. The van der Waals surface area contributed by atoms with Gasteiger partial charge in [0, 0.05) is 18.5 Å². The second kappa shape index (κ2) is 9.26. The van der Waals surface area contributed by atoms with Crippen LogP contribution in [0.3, 0.4) is 0 Å². The fourth-order valence-electron chi connectivity index (χ4n) is 4.12. The normalized spacial score (nSPS) is 14.6. The van der Waals surface area contributed by atoms with E-state index in [4.69, 9.17) is 4.74 Å². The van der Waals surface area contributed by atoms with Crippen molar-refractivity contribution < 1.29 is 9.53 Å². The number of likely N-dealkylation sites (tertiary alicyclic amines) is 1. The van der Waals surface area contributed by atoms with Crippen LogP contribution in [0.25, 0.3) is 10.9 Å². The molecule has 30 heavy (non-hydrogen) atoms. The number of nitrogens with one attached hydrogen (secondary N) is 1. The fraction of sp³-hybridized carbons (Fsp3) is 0.360. The first-order chi connectivity index (χ1) is 14.6. The van der Waals surface area contributed by atoms with Crippen LogP contribution in [0.15, 0.2) is 48.5 Å². The molecule has 1 aliphatic rings. The van der Waals surface area contributed by atoms with Crippen molar-refractivity contribution >= 4 is 16.8 Å². The van der Waals surface area contributed by atoms with Gasteiger partial charge in [0.15, 0.2) is 0 Å². The van der Waals surface area contributed by atoms with E-state index in [-0.39, 0.29) is 5.91 Å². The van der Waals surface area contributed by atoms with Crippen LogP contribution in [0.2, 0.25) is 0 Å². The molecule has 2 heterocycles. The minimum atomic E-state index is -0.0995. The number of carbonyl (C=O) groups excluding carboxylic acids is 1. The summed E-state index contributed by atoms with van der Waals surface area (Å²) in [6.07, 6.45) is 3.88. The molecule has 4 rings (SSSR count). The third kappa shape index (κ3) is 4.62. The highest BCUT2D eigenvalue weighted by Crippen LogP contribution is 2.22. The average Bonchev–Trinajstić information content (AvgIpc) is 2.78. The van der Waals surface area contributed by atoms with Gasteiger partial charge in [0.05, 0.1) is 23.9 Å². The van der Waals surface area contributed by atoms with E-state index >= 15 is 0 Å². The minimum Gasteiger partial charge on any atom is -0.497 e. The molecule has 0 saturated carbocycles. The summed E-state index contributed by atoms with van der Waals surface area (Å²) < 4.78 is 5.30. The Labute approximate surface area is 178 Å². The van der Waals surface area contributed by atoms with Crippen LogP contribution in [-0.2, 0) is 13.1 Å². The number of benzene rings is 2. The minimum absolute atomic E-state index is 0.0995. The van der Waals surface area contributed by atoms with Gasteiger partial charge >= 0.3 is 0 Å². The molecule has 3 aromatic rings. The predicted molar refractivity (Wildman–Crippen MR) is 120 cm³/mol. The lowest BCUT2D eigenvalue weighted by molar-refractivity contribution is 0.0950. The second-order valence-electron chi connectivity index (χ2n) is 7.97. The molecule has 0 spiro atoms. The Bertz CT molecular complexity index is 1040. The van der Waals surface area contributed by atoms with Crippen LogP contribution in [0.5, 0.6) is 5.75 Å². The van der Waals surface area contributed by atoms with Gasteiger partial charge in [-0.1, -0.05) is 30.7 Å². The van der Waals surface area contributed by atoms with Gasteiger partial charge in [-0.25, -0.2) is 0 Å². The molecule has 0 atom stereocenters. The number of piperidine rings is 1. The van der Waals surface area contributed by atoms with Gasteiger partial charge in [0.1, 0.15) is 5.75 Å². The molecular formula is C25H29N3O2. The van der Waals surface area contributed by atoms with E-state index in [1.807, 2.05) is 37.3 Å². The number of carbonyl (C=O) groups is 1. The van der Waals surface area contributed by atoms with Crippen molar-refractivity contribution in [2.24, 2.45) is 0 Å². The largest absolute Gasteiger partial charge is 0.497 e. The van der Waals surface area contributed by atoms with Gasteiger partial charge in [0.25, 0.3) is 5.91 Å². The van der Waals surface area contributed by atoms with Crippen molar-refractivity contribution in [1.82, 2.24) is 15.2 Å². The molecule has 5 heteroatoms. The van der Waals surface area contributed by atoms with Gasteiger partial charge < -0.3 is 10.1 Å². The molecule has 0 radical (unpaired) electrons. The summed E-state index contributed by atoms with van der Waals surface area (Å²) in [5.41, 5.74) is 4.65. The Morgan fingerprint density at radius 1 is 1.07 bits per heavy atom. The Balaban J connectivity index is 1.49. The van der Waals surface area contributed by atoms with Crippen molar-refractivity contribution in [3.8, 4) is 5.75 Å². The highest BCUT2D eigenvalue weighted by Gasteiger charge is 2.15. The molecule has 1 aromatic heterocycles. The van der Waals surface area contributed by atoms with E-state index in [0.717, 1.165) is 42.0 Å². The maximum absolute atomic E-state index is 12.9. The third-order valence-electron chi connectivity index (χ3n) is 5.86. The molecule has 1 N–H and O–H groups in total. The Morgan fingerprint density at radius 2 is 1.83 bits per heavy atom. The molecule has 0 unspecified atom stereocenters. The Morgan fingerprint density at radius 3 is 2.60 bits per heavy atom. The lowest BCUT2D eigenvalue weighted by Crippen LogP contribution is -2.30. The van der Waals surface area contributed by atoms with E-state index in [2.05, 4.69) is 33.4 Å². The number of amides is 1. The van der Waals surface area contributed by atoms with Crippen molar-refractivity contribution in [2.75, 3.05) is 20.2 Å². The first-order valence-electron chi connectivity index (χ1n) is 10.7. The topological polar surface area (TPSA) is 54.5 Å². The molecule has 0 aliphatic carbocycles. The number of pyridine rings is 1. The molecule has 1 aliphatic heterocycles. The highest BCUT2D eigenvalue weighted by atomic mass is 16.5. The molecule has 1 amide bonds. The average molecular weight is 404 g/mol. The lowest BCUT2D eigenvalue weighted by Gasteiger charge is -2.27. The summed E-state index contributed by atoms with van der Waals surface area (Å²) in [5.74, 6) is 0.656. The maximum Gasteiger partial charge on any atom is 0.253 e. The first kappa shape index (κ1) is 20.4. The zero-order valence-corrected chi connectivity index (χ0v) is 17.8. The fourth-order valence-corrected chi connectivity index (χ4v) is 4.12. The van der Waals surface area contributed by atoms with Crippen LogP contribution in [0.4, 0.5) is 0 Å². The number of hydrogen-bond acceptors (Lipinski definition) is 4. The van der Waals surface area contributed by atoms with Crippen molar-refractivity contribution in [2.45, 2.75) is 39.3 Å². The molecule has 0 bridgehead atoms. The number of aromatic nitrogens is 1. The van der Waals surface area contributed by atoms with Crippen LogP contribution in [-0.4, -0.2) is 36.0 Å².